The first-order valence-electron chi connectivity index (χ1n) is 6.61. The third-order valence-corrected chi connectivity index (χ3v) is 4.46. The Morgan fingerprint density at radius 3 is 3.00 bits per heavy atom. The number of carbonyl (C=O) groups is 1. The Labute approximate surface area is 126 Å². The van der Waals surface area contributed by atoms with E-state index in [1.54, 1.807) is 6.08 Å². The smallest absolute Gasteiger partial charge is 0.264 e. The van der Waals surface area contributed by atoms with Crippen molar-refractivity contribution in [2.24, 2.45) is 0 Å². The fourth-order valence-electron chi connectivity index (χ4n) is 2.14. The second kappa shape index (κ2) is 5.18. The molecule has 0 fully saturated rings. The molecule has 3 N–H and O–H groups in total. The van der Waals surface area contributed by atoms with E-state index in [-0.39, 0.29) is 11.9 Å². The van der Waals surface area contributed by atoms with Crippen LogP contribution in [0.25, 0.3) is 21.1 Å². The van der Waals surface area contributed by atoms with Gasteiger partial charge in [0.25, 0.3) is 5.91 Å². The SMILES string of the molecule is C=CC(C)NC(=O)c1sc2nc3ccccc3cc2c1N. The van der Waals surface area contributed by atoms with Crippen molar-refractivity contribution in [2.45, 2.75) is 13.0 Å². The topological polar surface area (TPSA) is 68.0 Å². The number of aromatic nitrogens is 1. The van der Waals surface area contributed by atoms with Gasteiger partial charge in [-0.1, -0.05) is 24.3 Å². The minimum Gasteiger partial charge on any atom is -0.397 e. The van der Waals surface area contributed by atoms with Crippen LogP contribution in [-0.4, -0.2) is 16.9 Å². The summed E-state index contributed by atoms with van der Waals surface area (Å²) in [7, 11) is 0. The quantitative estimate of drug-likeness (QED) is 0.729. The molecule has 2 aromatic heterocycles. The molecule has 1 unspecified atom stereocenters. The van der Waals surface area contributed by atoms with Gasteiger partial charge < -0.3 is 11.1 Å². The van der Waals surface area contributed by atoms with Crippen molar-refractivity contribution in [3.8, 4) is 0 Å². The Balaban J connectivity index is 2.12. The summed E-state index contributed by atoms with van der Waals surface area (Å²) in [4.78, 5) is 18.1. The van der Waals surface area contributed by atoms with Gasteiger partial charge in [-0.2, -0.15) is 0 Å². The number of amides is 1. The molecule has 5 heteroatoms. The van der Waals surface area contributed by atoms with Gasteiger partial charge in [-0.05, 0) is 19.1 Å². The van der Waals surface area contributed by atoms with E-state index in [0.717, 1.165) is 21.1 Å². The van der Waals surface area contributed by atoms with Gasteiger partial charge in [0.1, 0.15) is 9.71 Å². The lowest BCUT2D eigenvalue weighted by atomic mass is 10.1. The molecule has 0 saturated heterocycles. The molecule has 0 radical (unpaired) electrons. The van der Waals surface area contributed by atoms with Crippen LogP contribution in [0.3, 0.4) is 0 Å². The van der Waals surface area contributed by atoms with Crippen LogP contribution in [0.1, 0.15) is 16.6 Å². The maximum absolute atomic E-state index is 12.2. The summed E-state index contributed by atoms with van der Waals surface area (Å²) in [5.41, 5.74) is 7.52. The number of benzene rings is 1. The predicted octanol–water partition coefficient (Wildman–Crippen LogP) is 3.34. The van der Waals surface area contributed by atoms with Gasteiger partial charge >= 0.3 is 0 Å². The number of fused-ring (bicyclic) bond motifs is 2. The van der Waals surface area contributed by atoms with Crippen LogP contribution >= 0.6 is 11.3 Å². The minimum absolute atomic E-state index is 0.103. The van der Waals surface area contributed by atoms with Crippen LogP contribution in [0.15, 0.2) is 43.0 Å². The fraction of sp³-hybridized carbons (Fsp3) is 0.125. The number of nitrogens with two attached hydrogens (primary N) is 1. The zero-order valence-corrected chi connectivity index (χ0v) is 12.4. The number of hydrogen-bond donors (Lipinski definition) is 2. The van der Waals surface area contributed by atoms with E-state index >= 15 is 0 Å². The molecular formula is C16H15N3OS. The molecule has 0 saturated carbocycles. The first-order valence-corrected chi connectivity index (χ1v) is 7.43. The monoisotopic (exact) mass is 297 g/mol. The van der Waals surface area contributed by atoms with E-state index in [9.17, 15) is 4.79 Å². The highest BCUT2D eigenvalue weighted by molar-refractivity contribution is 7.21. The third kappa shape index (κ3) is 2.36. The predicted molar refractivity (Wildman–Crippen MR) is 88.7 cm³/mol. The van der Waals surface area contributed by atoms with Gasteiger partial charge in [0.15, 0.2) is 0 Å². The summed E-state index contributed by atoms with van der Waals surface area (Å²) in [5, 5.41) is 4.68. The van der Waals surface area contributed by atoms with Gasteiger partial charge in [0, 0.05) is 16.8 Å². The Bertz CT molecular complexity index is 853. The molecular weight excluding hydrogens is 282 g/mol. The molecule has 3 rings (SSSR count). The number of nitrogens with one attached hydrogen (secondary N) is 1. The number of pyridine rings is 1. The molecule has 0 spiro atoms. The number of para-hydroxylation sites is 1. The summed E-state index contributed by atoms with van der Waals surface area (Å²) in [6.07, 6.45) is 1.67. The maximum Gasteiger partial charge on any atom is 0.264 e. The maximum atomic E-state index is 12.2. The van der Waals surface area contributed by atoms with E-state index in [2.05, 4.69) is 16.9 Å². The number of thiophene rings is 1. The molecule has 4 nitrogen and oxygen atoms in total. The van der Waals surface area contributed by atoms with Crippen molar-refractivity contribution in [2.75, 3.05) is 5.73 Å². The van der Waals surface area contributed by atoms with E-state index < -0.39 is 0 Å². The normalized spacial score (nSPS) is 12.4. The van der Waals surface area contributed by atoms with Gasteiger partial charge in [-0.25, -0.2) is 4.98 Å². The van der Waals surface area contributed by atoms with Crippen LogP contribution in [0.5, 0.6) is 0 Å². The average Bonchev–Trinajstić information content (AvgIpc) is 2.81. The highest BCUT2D eigenvalue weighted by atomic mass is 32.1. The Morgan fingerprint density at radius 1 is 1.48 bits per heavy atom. The van der Waals surface area contributed by atoms with Crippen LogP contribution in [0, 0.1) is 0 Å². The molecule has 1 atom stereocenters. The number of nitrogens with zero attached hydrogens (tertiary/aromatic N) is 1. The molecule has 0 aliphatic heterocycles. The molecule has 3 aromatic rings. The number of carbonyl (C=O) groups excluding carboxylic acids is 1. The molecule has 0 bridgehead atoms. The zero-order valence-electron chi connectivity index (χ0n) is 11.6. The second-order valence-corrected chi connectivity index (χ2v) is 5.88. The van der Waals surface area contributed by atoms with E-state index in [1.165, 1.54) is 11.3 Å². The lowest BCUT2D eigenvalue weighted by molar-refractivity contribution is 0.0952. The van der Waals surface area contributed by atoms with Gasteiger partial charge in [-0.15, -0.1) is 17.9 Å². The Hall–Kier alpha value is -2.40. The third-order valence-electron chi connectivity index (χ3n) is 3.34. The van der Waals surface area contributed by atoms with E-state index in [0.29, 0.717) is 10.6 Å². The summed E-state index contributed by atoms with van der Waals surface area (Å²) in [6.45, 7) is 5.52. The van der Waals surface area contributed by atoms with Crippen LogP contribution in [-0.2, 0) is 0 Å². The Kier molecular flexibility index (Phi) is 3.35. The summed E-state index contributed by atoms with van der Waals surface area (Å²) in [6, 6.07) is 9.71. The molecule has 0 aliphatic carbocycles. The lowest BCUT2D eigenvalue weighted by Crippen LogP contribution is -2.30. The molecule has 1 aromatic carbocycles. The van der Waals surface area contributed by atoms with Crippen molar-refractivity contribution < 1.29 is 4.79 Å². The average molecular weight is 297 g/mol. The van der Waals surface area contributed by atoms with Crippen molar-refractivity contribution in [1.82, 2.24) is 10.3 Å². The molecule has 0 aliphatic rings. The van der Waals surface area contributed by atoms with Crippen LogP contribution in [0.2, 0.25) is 0 Å². The van der Waals surface area contributed by atoms with Crippen LogP contribution < -0.4 is 11.1 Å². The highest BCUT2D eigenvalue weighted by Gasteiger charge is 2.18. The van der Waals surface area contributed by atoms with Crippen molar-refractivity contribution in [3.63, 3.8) is 0 Å². The lowest BCUT2D eigenvalue weighted by Gasteiger charge is -2.07. The first kappa shape index (κ1) is 13.6. The number of rotatable bonds is 3. The standard InChI is InChI=1S/C16H15N3OS/c1-3-9(2)18-15(20)14-13(17)11-8-10-6-4-5-7-12(10)19-16(11)21-14/h3-9H,1,17H2,2H3,(H,18,20). The van der Waals surface area contributed by atoms with Gasteiger partial charge in [-0.3, -0.25) is 4.79 Å². The number of nitrogen functional groups attached to an aromatic ring is 1. The summed E-state index contributed by atoms with van der Waals surface area (Å²) < 4.78 is 0. The molecule has 1 amide bonds. The van der Waals surface area contributed by atoms with E-state index in [1.807, 2.05) is 37.3 Å². The molecule has 106 valence electrons. The zero-order chi connectivity index (χ0) is 15.0. The minimum atomic E-state index is -0.188. The second-order valence-electron chi connectivity index (χ2n) is 4.88. The van der Waals surface area contributed by atoms with Crippen molar-refractivity contribution in [1.29, 1.82) is 0 Å². The van der Waals surface area contributed by atoms with E-state index in [4.69, 9.17) is 5.73 Å². The molecule has 21 heavy (non-hydrogen) atoms. The summed E-state index contributed by atoms with van der Waals surface area (Å²) >= 11 is 1.32. The largest absolute Gasteiger partial charge is 0.397 e. The fourth-order valence-corrected chi connectivity index (χ4v) is 3.13. The van der Waals surface area contributed by atoms with Gasteiger partial charge in [0.05, 0.1) is 11.2 Å². The van der Waals surface area contributed by atoms with Crippen LogP contribution in [0.4, 0.5) is 5.69 Å². The van der Waals surface area contributed by atoms with Crippen molar-refractivity contribution in [3.05, 3.63) is 47.9 Å². The molecule has 2 heterocycles. The van der Waals surface area contributed by atoms with Gasteiger partial charge in [0.2, 0.25) is 0 Å². The van der Waals surface area contributed by atoms with Crippen molar-refractivity contribution >= 4 is 44.1 Å². The Morgan fingerprint density at radius 2 is 2.24 bits per heavy atom. The number of hydrogen-bond acceptors (Lipinski definition) is 4. The first-order chi connectivity index (χ1) is 10.1. The number of anilines is 1. The highest BCUT2D eigenvalue weighted by Crippen LogP contribution is 2.34. The summed E-state index contributed by atoms with van der Waals surface area (Å²) in [5.74, 6) is -0.188.